The molecule has 1 atom stereocenters. The zero-order chi connectivity index (χ0) is 10.7. The first-order chi connectivity index (χ1) is 7.29. The van der Waals surface area contributed by atoms with Crippen molar-refractivity contribution in [2.45, 2.75) is 12.5 Å². The van der Waals surface area contributed by atoms with Crippen LogP contribution in [-0.4, -0.2) is 6.04 Å². The number of hydrogen-bond acceptors (Lipinski definition) is 2. The maximum Gasteiger partial charge on any atom is 0.0991 e. The Kier molecular flexibility index (Phi) is 2.66. The molecule has 0 bridgehead atoms. The molecule has 2 N–H and O–H groups in total. The van der Waals surface area contributed by atoms with E-state index in [0.717, 1.165) is 17.6 Å². The Morgan fingerprint density at radius 2 is 2.27 bits per heavy atom. The number of nitriles is 1. The molecule has 15 heavy (non-hydrogen) atoms. The molecule has 2 rings (SSSR count). The molecule has 0 amide bonds. The van der Waals surface area contributed by atoms with Gasteiger partial charge in [-0.2, -0.15) is 5.26 Å². The van der Waals surface area contributed by atoms with Gasteiger partial charge in [0, 0.05) is 6.04 Å². The second kappa shape index (κ2) is 4.12. The van der Waals surface area contributed by atoms with E-state index in [1.807, 2.05) is 24.3 Å². The van der Waals surface area contributed by atoms with Crippen LogP contribution in [0.1, 0.15) is 17.5 Å². The topological polar surface area (TPSA) is 49.8 Å². The van der Waals surface area contributed by atoms with Gasteiger partial charge in [0.1, 0.15) is 0 Å². The predicted octanol–water partition coefficient (Wildman–Crippen LogP) is 2.23. The summed E-state index contributed by atoms with van der Waals surface area (Å²) in [6, 6.07) is 9.80. The molecule has 0 heterocycles. The molecule has 0 saturated heterocycles. The molecular formula is C13H12N2. The van der Waals surface area contributed by atoms with Crippen LogP contribution in [0, 0.1) is 11.3 Å². The van der Waals surface area contributed by atoms with Crippen LogP contribution in [0.25, 0.3) is 5.57 Å². The van der Waals surface area contributed by atoms with Crippen LogP contribution < -0.4 is 5.73 Å². The van der Waals surface area contributed by atoms with Crippen molar-refractivity contribution in [3.63, 3.8) is 0 Å². The molecule has 0 aromatic heterocycles. The van der Waals surface area contributed by atoms with Crippen molar-refractivity contribution in [1.29, 1.82) is 5.26 Å². The lowest BCUT2D eigenvalue weighted by Gasteiger charge is -2.12. The first-order valence-electron chi connectivity index (χ1n) is 4.94. The summed E-state index contributed by atoms with van der Waals surface area (Å²) in [7, 11) is 0. The fourth-order valence-electron chi connectivity index (χ4n) is 1.67. The fraction of sp³-hybridized carbons (Fsp3) is 0.154. The Bertz CT molecular complexity index is 464. The van der Waals surface area contributed by atoms with Gasteiger partial charge in [0.15, 0.2) is 0 Å². The summed E-state index contributed by atoms with van der Waals surface area (Å²) < 4.78 is 0. The van der Waals surface area contributed by atoms with E-state index in [-0.39, 0.29) is 6.04 Å². The zero-order valence-corrected chi connectivity index (χ0v) is 8.35. The Balaban J connectivity index is 2.38. The van der Waals surface area contributed by atoms with Crippen molar-refractivity contribution in [2.24, 2.45) is 5.73 Å². The highest BCUT2D eigenvalue weighted by Gasteiger charge is 2.06. The first-order valence-corrected chi connectivity index (χ1v) is 4.94. The maximum atomic E-state index is 8.80. The van der Waals surface area contributed by atoms with Crippen LogP contribution in [-0.2, 0) is 0 Å². The SMILES string of the molecule is N#Cc1cccc(C2=CC(N)CC=C2)c1. The molecule has 1 unspecified atom stereocenters. The largest absolute Gasteiger partial charge is 0.324 e. The average Bonchev–Trinajstić information content (AvgIpc) is 2.29. The number of nitrogens with zero attached hydrogens (tertiary/aromatic N) is 1. The van der Waals surface area contributed by atoms with Crippen LogP contribution >= 0.6 is 0 Å². The number of allylic oxidation sites excluding steroid dienone is 2. The van der Waals surface area contributed by atoms with Crippen molar-refractivity contribution < 1.29 is 0 Å². The molecule has 1 aliphatic carbocycles. The van der Waals surface area contributed by atoms with Crippen LogP contribution in [0.4, 0.5) is 0 Å². The van der Waals surface area contributed by atoms with Gasteiger partial charge in [-0.3, -0.25) is 0 Å². The second-order valence-electron chi connectivity index (χ2n) is 3.62. The monoisotopic (exact) mass is 196 g/mol. The van der Waals surface area contributed by atoms with E-state index in [9.17, 15) is 0 Å². The van der Waals surface area contributed by atoms with Crippen LogP contribution in [0.15, 0.2) is 42.5 Å². The Morgan fingerprint density at radius 1 is 1.40 bits per heavy atom. The lowest BCUT2D eigenvalue weighted by Crippen LogP contribution is -2.17. The van der Waals surface area contributed by atoms with Gasteiger partial charge in [0.25, 0.3) is 0 Å². The Labute approximate surface area is 89.3 Å². The molecule has 1 aromatic rings. The molecule has 2 nitrogen and oxygen atoms in total. The molecule has 2 heteroatoms. The standard InChI is InChI=1S/C13H12N2/c14-9-10-3-1-4-11(7-10)12-5-2-6-13(15)8-12/h1-5,7-8,13H,6,15H2. The fourth-order valence-corrected chi connectivity index (χ4v) is 1.67. The van der Waals surface area contributed by atoms with E-state index >= 15 is 0 Å². The highest BCUT2D eigenvalue weighted by atomic mass is 14.6. The van der Waals surface area contributed by atoms with Crippen molar-refractivity contribution in [1.82, 2.24) is 0 Å². The molecule has 0 saturated carbocycles. The van der Waals surface area contributed by atoms with Crippen LogP contribution in [0.5, 0.6) is 0 Å². The smallest absolute Gasteiger partial charge is 0.0991 e. The van der Waals surface area contributed by atoms with Crippen molar-refractivity contribution in [2.75, 3.05) is 0 Å². The third-order valence-corrected chi connectivity index (χ3v) is 2.42. The van der Waals surface area contributed by atoms with Crippen LogP contribution in [0.2, 0.25) is 0 Å². The van der Waals surface area contributed by atoms with E-state index < -0.39 is 0 Å². The van der Waals surface area contributed by atoms with E-state index in [0.29, 0.717) is 5.56 Å². The summed E-state index contributed by atoms with van der Waals surface area (Å²) in [6.07, 6.45) is 7.05. The summed E-state index contributed by atoms with van der Waals surface area (Å²) >= 11 is 0. The van der Waals surface area contributed by atoms with Gasteiger partial charge < -0.3 is 5.73 Å². The molecule has 74 valence electrons. The normalized spacial score (nSPS) is 19.5. The second-order valence-corrected chi connectivity index (χ2v) is 3.62. The van der Waals surface area contributed by atoms with Gasteiger partial charge in [-0.15, -0.1) is 0 Å². The predicted molar refractivity (Wildman–Crippen MR) is 60.9 cm³/mol. The molecule has 0 fully saturated rings. The van der Waals surface area contributed by atoms with E-state index in [1.165, 1.54) is 0 Å². The van der Waals surface area contributed by atoms with Gasteiger partial charge in [-0.1, -0.05) is 30.4 Å². The Morgan fingerprint density at radius 3 is 3.00 bits per heavy atom. The van der Waals surface area contributed by atoms with Gasteiger partial charge in [-0.05, 0) is 29.7 Å². The molecule has 0 radical (unpaired) electrons. The van der Waals surface area contributed by atoms with Crippen molar-refractivity contribution in [3.05, 3.63) is 53.6 Å². The lowest BCUT2D eigenvalue weighted by molar-refractivity contribution is 0.829. The minimum atomic E-state index is 0.0933. The number of rotatable bonds is 1. The molecular weight excluding hydrogens is 184 g/mol. The summed E-state index contributed by atoms with van der Waals surface area (Å²) in [5.41, 5.74) is 8.68. The van der Waals surface area contributed by atoms with E-state index in [2.05, 4.69) is 18.2 Å². The summed E-state index contributed by atoms with van der Waals surface area (Å²) in [4.78, 5) is 0. The zero-order valence-electron chi connectivity index (χ0n) is 8.35. The van der Waals surface area contributed by atoms with Gasteiger partial charge in [0.05, 0.1) is 11.6 Å². The number of nitrogens with two attached hydrogens (primary N) is 1. The molecule has 1 aromatic carbocycles. The quantitative estimate of drug-likeness (QED) is 0.748. The highest BCUT2D eigenvalue weighted by Crippen LogP contribution is 2.21. The first kappa shape index (κ1) is 9.70. The van der Waals surface area contributed by atoms with Crippen molar-refractivity contribution in [3.8, 4) is 6.07 Å². The van der Waals surface area contributed by atoms with Crippen molar-refractivity contribution >= 4 is 5.57 Å². The Hall–Kier alpha value is -1.85. The number of hydrogen-bond donors (Lipinski definition) is 1. The summed E-state index contributed by atoms with van der Waals surface area (Å²) in [6.45, 7) is 0. The number of benzene rings is 1. The molecule has 1 aliphatic rings. The summed E-state index contributed by atoms with van der Waals surface area (Å²) in [5, 5.41) is 8.80. The lowest BCUT2D eigenvalue weighted by atomic mass is 9.96. The van der Waals surface area contributed by atoms with E-state index in [1.54, 1.807) is 6.07 Å². The highest BCUT2D eigenvalue weighted by molar-refractivity contribution is 5.76. The maximum absolute atomic E-state index is 8.80. The molecule has 0 spiro atoms. The summed E-state index contributed by atoms with van der Waals surface area (Å²) in [5.74, 6) is 0. The minimum Gasteiger partial charge on any atom is -0.324 e. The van der Waals surface area contributed by atoms with Gasteiger partial charge in [-0.25, -0.2) is 0 Å². The van der Waals surface area contributed by atoms with Gasteiger partial charge >= 0.3 is 0 Å². The van der Waals surface area contributed by atoms with Crippen LogP contribution in [0.3, 0.4) is 0 Å². The third kappa shape index (κ3) is 2.15. The van der Waals surface area contributed by atoms with E-state index in [4.69, 9.17) is 11.0 Å². The minimum absolute atomic E-state index is 0.0933. The average molecular weight is 196 g/mol. The molecule has 0 aliphatic heterocycles. The van der Waals surface area contributed by atoms with Gasteiger partial charge in [0.2, 0.25) is 0 Å². The third-order valence-electron chi connectivity index (χ3n) is 2.42.